The first-order valence-electron chi connectivity index (χ1n) is 10.9. The fourth-order valence-electron chi connectivity index (χ4n) is 3.15. The van der Waals surface area contributed by atoms with Gasteiger partial charge in [0.1, 0.15) is 0 Å². The zero-order chi connectivity index (χ0) is 22.6. The number of ether oxygens (including phenoxy) is 1. The highest BCUT2D eigenvalue weighted by atomic mass is 32.1. The first-order chi connectivity index (χ1) is 15.0. The summed E-state index contributed by atoms with van der Waals surface area (Å²) in [5.41, 5.74) is 2.41. The molecular weight excluding hydrogens is 414 g/mol. The van der Waals surface area contributed by atoms with Crippen molar-refractivity contribution in [3.8, 4) is 11.3 Å². The standard InChI is InChI=1S/C23H33N3O4S/c1-4-6-7-8-9-13-24-23(29)26(3)18-12-10-11-17(14-18)19-16-31-21(25-19)15-20(22(27)28)30-5-2/h10-12,14,16,20H,4-9,13,15H2,1-3H3,(H,24,29)(H,27,28)/t20-/m0/s1. The first-order valence-corrected chi connectivity index (χ1v) is 11.7. The Morgan fingerprint density at radius 3 is 2.71 bits per heavy atom. The van der Waals surface area contributed by atoms with Crippen LogP contribution < -0.4 is 10.2 Å². The number of anilines is 1. The number of unbranched alkanes of at least 4 members (excludes halogenated alkanes) is 4. The molecule has 170 valence electrons. The maximum absolute atomic E-state index is 12.5. The van der Waals surface area contributed by atoms with Gasteiger partial charge in [0.05, 0.1) is 10.7 Å². The van der Waals surface area contributed by atoms with Crippen molar-refractivity contribution in [2.24, 2.45) is 0 Å². The van der Waals surface area contributed by atoms with E-state index in [1.165, 1.54) is 30.6 Å². The number of nitrogens with zero attached hydrogens (tertiary/aromatic N) is 2. The van der Waals surface area contributed by atoms with E-state index in [9.17, 15) is 14.7 Å². The normalized spacial score (nSPS) is 11.8. The van der Waals surface area contributed by atoms with Crippen LogP contribution in [-0.2, 0) is 16.0 Å². The van der Waals surface area contributed by atoms with E-state index in [1.807, 2.05) is 29.6 Å². The molecule has 1 aromatic carbocycles. The Labute approximate surface area is 188 Å². The van der Waals surface area contributed by atoms with Gasteiger partial charge in [-0.2, -0.15) is 0 Å². The van der Waals surface area contributed by atoms with Crippen molar-refractivity contribution in [2.45, 2.75) is 58.5 Å². The molecule has 0 spiro atoms. The molecule has 0 unspecified atom stereocenters. The molecule has 1 atom stereocenters. The molecule has 7 nitrogen and oxygen atoms in total. The second kappa shape index (κ2) is 13.1. The van der Waals surface area contributed by atoms with Crippen LogP contribution in [-0.4, -0.2) is 48.4 Å². The first kappa shape index (κ1) is 24.8. The molecule has 2 aromatic rings. The van der Waals surface area contributed by atoms with Gasteiger partial charge in [0, 0.05) is 43.3 Å². The fourth-order valence-corrected chi connectivity index (χ4v) is 3.98. The van der Waals surface area contributed by atoms with E-state index >= 15 is 0 Å². The van der Waals surface area contributed by atoms with Crippen molar-refractivity contribution in [1.82, 2.24) is 10.3 Å². The molecule has 1 heterocycles. The number of hydrogen-bond donors (Lipinski definition) is 2. The van der Waals surface area contributed by atoms with Crippen molar-refractivity contribution >= 4 is 29.0 Å². The fraction of sp³-hybridized carbons (Fsp3) is 0.522. The lowest BCUT2D eigenvalue weighted by Gasteiger charge is -2.18. The third-order valence-corrected chi connectivity index (χ3v) is 5.82. The average molecular weight is 448 g/mol. The number of carbonyl (C=O) groups is 2. The van der Waals surface area contributed by atoms with Crippen molar-refractivity contribution in [1.29, 1.82) is 0 Å². The smallest absolute Gasteiger partial charge is 0.333 e. The average Bonchev–Trinajstić information content (AvgIpc) is 3.24. The predicted octanol–water partition coefficient (Wildman–Crippen LogP) is 4.96. The number of hydrogen-bond acceptors (Lipinski definition) is 5. The van der Waals surface area contributed by atoms with Gasteiger partial charge in [-0.05, 0) is 25.5 Å². The lowest BCUT2D eigenvalue weighted by molar-refractivity contribution is -0.149. The molecule has 0 fully saturated rings. The van der Waals surface area contributed by atoms with Gasteiger partial charge in [0.25, 0.3) is 0 Å². The van der Waals surface area contributed by atoms with Crippen LogP contribution in [0.4, 0.5) is 10.5 Å². The summed E-state index contributed by atoms with van der Waals surface area (Å²) in [5, 5.41) is 14.8. The number of benzene rings is 1. The number of carboxylic acids is 1. The Bertz CT molecular complexity index is 840. The van der Waals surface area contributed by atoms with E-state index in [1.54, 1.807) is 18.9 Å². The van der Waals surface area contributed by atoms with Gasteiger partial charge in [-0.15, -0.1) is 11.3 Å². The third kappa shape index (κ3) is 7.95. The van der Waals surface area contributed by atoms with Gasteiger partial charge < -0.3 is 15.2 Å². The number of nitrogens with one attached hydrogen (secondary N) is 1. The summed E-state index contributed by atoms with van der Waals surface area (Å²) in [6, 6.07) is 7.48. The van der Waals surface area contributed by atoms with Crippen LogP contribution in [0.3, 0.4) is 0 Å². The van der Waals surface area contributed by atoms with E-state index in [0.717, 1.165) is 29.8 Å². The molecule has 0 bridgehead atoms. The quantitative estimate of drug-likeness (QED) is 0.424. The molecule has 2 rings (SSSR count). The number of rotatable bonds is 13. The van der Waals surface area contributed by atoms with E-state index in [2.05, 4.69) is 17.2 Å². The van der Waals surface area contributed by atoms with E-state index in [0.29, 0.717) is 18.2 Å². The van der Waals surface area contributed by atoms with Crippen molar-refractivity contribution in [3.63, 3.8) is 0 Å². The highest BCUT2D eigenvalue weighted by molar-refractivity contribution is 7.10. The summed E-state index contributed by atoms with van der Waals surface area (Å²) in [7, 11) is 1.75. The maximum Gasteiger partial charge on any atom is 0.333 e. The minimum atomic E-state index is -0.987. The topological polar surface area (TPSA) is 91.8 Å². The molecule has 0 saturated carbocycles. The number of carboxylic acid groups (broad SMARTS) is 1. The molecule has 0 aliphatic heterocycles. The molecule has 31 heavy (non-hydrogen) atoms. The largest absolute Gasteiger partial charge is 0.479 e. The van der Waals surface area contributed by atoms with E-state index < -0.39 is 12.1 Å². The third-order valence-electron chi connectivity index (χ3n) is 4.95. The second-order valence-electron chi connectivity index (χ2n) is 7.37. The summed E-state index contributed by atoms with van der Waals surface area (Å²) in [6.45, 7) is 4.97. The summed E-state index contributed by atoms with van der Waals surface area (Å²) >= 11 is 1.41. The summed E-state index contributed by atoms with van der Waals surface area (Å²) in [5.74, 6) is -0.987. The van der Waals surface area contributed by atoms with Crippen LogP contribution in [0.25, 0.3) is 11.3 Å². The highest BCUT2D eigenvalue weighted by Gasteiger charge is 2.20. The van der Waals surface area contributed by atoms with Crippen LogP contribution in [0.5, 0.6) is 0 Å². The van der Waals surface area contributed by atoms with Gasteiger partial charge in [0.15, 0.2) is 6.10 Å². The molecule has 1 aromatic heterocycles. The predicted molar refractivity (Wildman–Crippen MR) is 125 cm³/mol. The SMILES string of the molecule is CCCCCCCNC(=O)N(C)c1cccc(-c2csc(C[C@H](OCC)C(=O)O)n2)c1. The van der Waals surface area contributed by atoms with Crippen LogP contribution in [0.15, 0.2) is 29.6 Å². The van der Waals surface area contributed by atoms with Crippen molar-refractivity contribution in [2.75, 3.05) is 25.1 Å². The summed E-state index contributed by atoms with van der Waals surface area (Å²) in [4.78, 5) is 29.9. The van der Waals surface area contributed by atoms with Crippen LogP contribution in [0.2, 0.25) is 0 Å². The lowest BCUT2D eigenvalue weighted by atomic mass is 10.1. The van der Waals surface area contributed by atoms with Crippen LogP contribution in [0, 0.1) is 0 Å². The monoisotopic (exact) mass is 447 g/mol. The maximum atomic E-state index is 12.5. The van der Waals surface area contributed by atoms with Gasteiger partial charge in [-0.1, -0.05) is 44.7 Å². The van der Waals surface area contributed by atoms with Crippen molar-refractivity contribution < 1.29 is 19.4 Å². The number of urea groups is 1. The zero-order valence-corrected chi connectivity index (χ0v) is 19.4. The van der Waals surface area contributed by atoms with Gasteiger partial charge in [-0.3, -0.25) is 4.90 Å². The molecule has 0 saturated heterocycles. The second-order valence-corrected chi connectivity index (χ2v) is 8.31. The molecule has 2 amide bonds. The number of amides is 2. The number of carbonyl (C=O) groups excluding carboxylic acids is 1. The summed E-state index contributed by atoms with van der Waals surface area (Å²) < 4.78 is 5.27. The molecule has 2 N–H and O–H groups in total. The summed E-state index contributed by atoms with van der Waals surface area (Å²) in [6.07, 6.45) is 5.10. The minimum Gasteiger partial charge on any atom is -0.479 e. The Kier molecular flexibility index (Phi) is 10.5. The van der Waals surface area contributed by atoms with E-state index in [4.69, 9.17) is 4.74 Å². The lowest BCUT2D eigenvalue weighted by Crippen LogP contribution is -2.37. The van der Waals surface area contributed by atoms with Crippen LogP contribution >= 0.6 is 11.3 Å². The number of thiazole rings is 1. The number of aliphatic carboxylic acids is 1. The molecular formula is C23H33N3O4S. The van der Waals surface area contributed by atoms with Gasteiger partial charge >= 0.3 is 12.0 Å². The van der Waals surface area contributed by atoms with Crippen molar-refractivity contribution in [3.05, 3.63) is 34.7 Å². The highest BCUT2D eigenvalue weighted by Crippen LogP contribution is 2.26. The molecule has 0 aliphatic rings. The Balaban J connectivity index is 1.97. The number of aromatic nitrogens is 1. The molecule has 8 heteroatoms. The van der Waals surface area contributed by atoms with Gasteiger partial charge in [0.2, 0.25) is 0 Å². The zero-order valence-electron chi connectivity index (χ0n) is 18.6. The van der Waals surface area contributed by atoms with Crippen LogP contribution in [0.1, 0.15) is 51.0 Å². The Morgan fingerprint density at radius 2 is 2.00 bits per heavy atom. The van der Waals surface area contributed by atoms with Gasteiger partial charge in [-0.25, -0.2) is 14.6 Å². The Morgan fingerprint density at radius 1 is 1.23 bits per heavy atom. The van der Waals surface area contributed by atoms with E-state index in [-0.39, 0.29) is 12.5 Å². The Hall–Kier alpha value is -2.45. The molecule has 0 radical (unpaired) electrons. The minimum absolute atomic E-state index is 0.132. The molecule has 0 aliphatic carbocycles.